The van der Waals surface area contributed by atoms with E-state index in [1.54, 1.807) is 0 Å². The first-order valence-corrected chi connectivity index (χ1v) is 7.47. The Kier molecular flexibility index (Phi) is 3.57. The predicted molar refractivity (Wildman–Crippen MR) is 86.1 cm³/mol. The largest absolute Gasteiger partial charge is 0.487 e. The van der Waals surface area contributed by atoms with Crippen LogP contribution in [0.15, 0.2) is 46.9 Å². The molecule has 1 atom stereocenters. The molecule has 20 heavy (non-hydrogen) atoms. The predicted octanol–water partition coefficient (Wildman–Crippen LogP) is 3.82. The molecule has 4 heteroatoms. The summed E-state index contributed by atoms with van der Waals surface area (Å²) in [6.45, 7) is 3.82. The van der Waals surface area contributed by atoms with E-state index in [9.17, 15) is 0 Å². The van der Waals surface area contributed by atoms with Crippen molar-refractivity contribution in [1.29, 1.82) is 0 Å². The number of benzene rings is 2. The van der Waals surface area contributed by atoms with Crippen LogP contribution in [0.2, 0.25) is 0 Å². The van der Waals surface area contributed by atoms with Gasteiger partial charge in [-0.15, -0.1) is 0 Å². The minimum atomic E-state index is 0.182. The van der Waals surface area contributed by atoms with Crippen LogP contribution in [0.5, 0.6) is 5.75 Å². The third-order valence-electron chi connectivity index (χ3n) is 3.42. The Hall–Kier alpha value is -1.68. The SMILES string of the molecule is CC1CN(Cc2ccc(Br)cc2)c2cc(N)ccc2O1. The molecule has 1 heterocycles. The number of fused-ring (bicyclic) bond motifs is 1. The van der Waals surface area contributed by atoms with Gasteiger partial charge in [-0.05, 0) is 42.8 Å². The lowest BCUT2D eigenvalue weighted by molar-refractivity contribution is 0.212. The Morgan fingerprint density at radius 2 is 2.00 bits per heavy atom. The van der Waals surface area contributed by atoms with Gasteiger partial charge in [-0.1, -0.05) is 28.1 Å². The maximum atomic E-state index is 5.90. The van der Waals surface area contributed by atoms with Gasteiger partial charge in [0.25, 0.3) is 0 Å². The molecule has 0 bridgehead atoms. The van der Waals surface area contributed by atoms with Crippen LogP contribution in [-0.4, -0.2) is 12.6 Å². The Morgan fingerprint density at radius 1 is 1.25 bits per heavy atom. The van der Waals surface area contributed by atoms with Gasteiger partial charge in [0.15, 0.2) is 0 Å². The van der Waals surface area contributed by atoms with Crippen LogP contribution in [0.1, 0.15) is 12.5 Å². The van der Waals surface area contributed by atoms with Crippen molar-refractivity contribution >= 4 is 27.3 Å². The van der Waals surface area contributed by atoms with Crippen LogP contribution in [0.25, 0.3) is 0 Å². The van der Waals surface area contributed by atoms with Gasteiger partial charge in [0, 0.05) is 16.7 Å². The molecular weight excluding hydrogens is 316 g/mol. The van der Waals surface area contributed by atoms with Gasteiger partial charge in [-0.3, -0.25) is 0 Å². The van der Waals surface area contributed by atoms with Crippen molar-refractivity contribution in [2.24, 2.45) is 0 Å². The number of nitrogens with zero attached hydrogens (tertiary/aromatic N) is 1. The number of hydrogen-bond acceptors (Lipinski definition) is 3. The lowest BCUT2D eigenvalue weighted by Crippen LogP contribution is -2.38. The van der Waals surface area contributed by atoms with E-state index in [1.807, 2.05) is 18.2 Å². The molecule has 2 aromatic rings. The molecular formula is C16H17BrN2O. The molecule has 1 aliphatic heterocycles. The fourth-order valence-electron chi connectivity index (χ4n) is 2.50. The average molecular weight is 333 g/mol. The molecule has 0 amide bonds. The number of ether oxygens (including phenoxy) is 1. The summed E-state index contributed by atoms with van der Waals surface area (Å²) in [6.07, 6.45) is 0.182. The number of halogens is 1. The van der Waals surface area contributed by atoms with Crippen molar-refractivity contribution in [2.45, 2.75) is 19.6 Å². The molecule has 3 nitrogen and oxygen atoms in total. The molecule has 0 radical (unpaired) electrons. The van der Waals surface area contributed by atoms with Crippen LogP contribution in [0.3, 0.4) is 0 Å². The van der Waals surface area contributed by atoms with Gasteiger partial charge in [-0.2, -0.15) is 0 Å². The van der Waals surface area contributed by atoms with Crippen LogP contribution in [0, 0.1) is 0 Å². The third kappa shape index (κ3) is 2.75. The molecule has 2 N–H and O–H groups in total. The smallest absolute Gasteiger partial charge is 0.143 e. The maximum Gasteiger partial charge on any atom is 0.143 e. The van der Waals surface area contributed by atoms with E-state index in [0.717, 1.165) is 34.7 Å². The minimum absolute atomic E-state index is 0.182. The molecule has 0 saturated heterocycles. The van der Waals surface area contributed by atoms with E-state index in [-0.39, 0.29) is 6.10 Å². The molecule has 0 aromatic heterocycles. The van der Waals surface area contributed by atoms with Crippen molar-refractivity contribution in [1.82, 2.24) is 0 Å². The number of anilines is 2. The van der Waals surface area contributed by atoms with Gasteiger partial charge in [0.05, 0.1) is 12.2 Å². The summed E-state index contributed by atoms with van der Waals surface area (Å²) in [5, 5.41) is 0. The first-order chi connectivity index (χ1) is 9.61. The lowest BCUT2D eigenvalue weighted by atomic mass is 10.1. The van der Waals surface area contributed by atoms with E-state index < -0.39 is 0 Å². The molecule has 0 spiro atoms. The summed E-state index contributed by atoms with van der Waals surface area (Å²) in [5.74, 6) is 0.912. The zero-order valence-electron chi connectivity index (χ0n) is 11.3. The Balaban J connectivity index is 1.90. The fraction of sp³-hybridized carbons (Fsp3) is 0.250. The molecule has 2 aromatic carbocycles. The van der Waals surface area contributed by atoms with Gasteiger partial charge < -0.3 is 15.4 Å². The van der Waals surface area contributed by atoms with Crippen LogP contribution < -0.4 is 15.4 Å². The zero-order chi connectivity index (χ0) is 14.1. The summed E-state index contributed by atoms with van der Waals surface area (Å²) in [6, 6.07) is 14.2. The average Bonchev–Trinajstić information content (AvgIpc) is 2.42. The number of nitrogen functional groups attached to an aromatic ring is 1. The second-order valence-electron chi connectivity index (χ2n) is 5.16. The highest BCUT2D eigenvalue weighted by molar-refractivity contribution is 9.10. The van der Waals surface area contributed by atoms with Crippen molar-refractivity contribution in [3.05, 3.63) is 52.5 Å². The standard InChI is InChI=1S/C16H17BrN2O/c1-11-9-19(10-12-2-4-13(17)5-3-12)15-8-14(18)6-7-16(15)20-11/h2-8,11H,9-10,18H2,1H3. The molecule has 1 aliphatic rings. The summed E-state index contributed by atoms with van der Waals surface area (Å²) in [5.41, 5.74) is 9.02. The lowest BCUT2D eigenvalue weighted by Gasteiger charge is -2.35. The van der Waals surface area contributed by atoms with Crippen molar-refractivity contribution in [3.63, 3.8) is 0 Å². The molecule has 1 unspecified atom stereocenters. The molecule has 0 aliphatic carbocycles. The van der Waals surface area contributed by atoms with Gasteiger partial charge >= 0.3 is 0 Å². The fourth-order valence-corrected chi connectivity index (χ4v) is 2.77. The summed E-state index contributed by atoms with van der Waals surface area (Å²) in [4.78, 5) is 2.32. The normalized spacial score (nSPS) is 17.5. The van der Waals surface area contributed by atoms with Crippen LogP contribution in [0.4, 0.5) is 11.4 Å². The summed E-state index contributed by atoms with van der Waals surface area (Å²) in [7, 11) is 0. The Bertz CT molecular complexity index is 612. The van der Waals surface area contributed by atoms with Crippen molar-refractivity contribution in [2.75, 3.05) is 17.2 Å². The first kappa shape index (κ1) is 13.3. The summed E-state index contributed by atoms with van der Waals surface area (Å²) < 4.78 is 6.97. The second kappa shape index (κ2) is 5.37. The summed E-state index contributed by atoms with van der Waals surface area (Å²) >= 11 is 3.47. The topological polar surface area (TPSA) is 38.5 Å². The third-order valence-corrected chi connectivity index (χ3v) is 3.94. The minimum Gasteiger partial charge on any atom is -0.487 e. The van der Waals surface area contributed by atoms with E-state index >= 15 is 0 Å². The van der Waals surface area contributed by atoms with E-state index in [2.05, 4.69) is 52.0 Å². The maximum absolute atomic E-state index is 5.90. The zero-order valence-corrected chi connectivity index (χ0v) is 12.9. The quantitative estimate of drug-likeness (QED) is 0.849. The van der Waals surface area contributed by atoms with Crippen LogP contribution >= 0.6 is 15.9 Å². The molecule has 3 rings (SSSR count). The van der Waals surface area contributed by atoms with E-state index in [1.165, 1.54) is 5.56 Å². The van der Waals surface area contributed by atoms with E-state index in [0.29, 0.717) is 0 Å². The highest BCUT2D eigenvalue weighted by Gasteiger charge is 2.23. The first-order valence-electron chi connectivity index (χ1n) is 6.67. The van der Waals surface area contributed by atoms with Gasteiger partial charge in [0.1, 0.15) is 11.9 Å². The number of nitrogens with two attached hydrogens (primary N) is 1. The Labute approximate surface area is 127 Å². The van der Waals surface area contributed by atoms with Gasteiger partial charge in [0.2, 0.25) is 0 Å². The number of rotatable bonds is 2. The number of hydrogen-bond donors (Lipinski definition) is 1. The molecule has 0 fully saturated rings. The molecule has 0 saturated carbocycles. The van der Waals surface area contributed by atoms with Gasteiger partial charge in [-0.25, -0.2) is 0 Å². The van der Waals surface area contributed by atoms with Crippen molar-refractivity contribution in [3.8, 4) is 5.75 Å². The second-order valence-corrected chi connectivity index (χ2v) is 6.08. The molecule has 104 valence electrons. The highest BCUT2D eigenvalue weighted by atomic mass is 79.9. The highest BCUT2D eigenvalue weighted by Crippen LogP contribution is 2.35. The van der Waals surface area contributed by atoms with E-state index in [4.69, 9.17) is 10.5 Å². The van der Waals surface area contributed by atoms with Crippen molar-refractivity contribution < 1.29 is 4.74 Å². The van der Waals surface area contributed by atoms with Crippen LogP contribution in [-0.2, 0) is 6.54 Å². The Morgan fingerprint density at radius 3 is 2.75 bits per heavy atom. The monoisotopic (exact) mass is 332 g/mol.